The normalized spacial score (nSPS) is 11.4. The van der Waals surface area contributed by atoms with E-state index in [2.05, 4.69) is 16.5 Å². The summed E-state index contributed by atoms with van der Waals surface area (Å²) in [6, 6.07) is 2.25. The van der Waals surface area contributed by atoms with Crippen molar-refractivity contribution < 1.29 is 4.52 Å². The molecule has 4 nitrogen and oxygen atoms in total. The monoisotopic (exact) mass is 207 g/mol. The molecule has 0 amide bonds. The lowest BCUT2D eigenvalue weighted by molar-refractivity contribution is 0.391. The first-order valence-corrected chi connectivity index (χ1v) is 5.00. The van der Waals surface area contributed by atoms with Gasteiger partial charge in [-0.1, -0.05) is 5.16 Å². The Morgan fingerprint density at radius 1 is 1.47 bits per heavy atom. The van der Waals surface area contributed by atoms with Crippen molar-refractivity contribution >= 4 is 0 Å². The van der Waals surface area contributed by atoms with E-state index in [1.807, 2.05) is 27.7 Å². The summed E-state index contributed by atoms with van der Waals surface area (Å²) in [5, 5.41) is 15.9. The number of aromatic nitrogens is 1. The molecule has 0 radical (unpaired) electrons. The van der Waals surface area contributed by atoms with Crippen LogP contribution in [0.15, 0.2) is 4.52 Å². The highest BCUT2D eigenvalue weighted by atomic mass is 16.5. The summed E-state index contributed by atoms with van der Waals surface area (Å²) in [4.78, 5) is 0. The molecular weight excluding hydrogens is 190 g/mol. The van der Waals surface area contributed by atoms with E-state index in [1.54, 1.807) is 0 Å². The molecule has 1 N–H and O–H groups in total. The van der Waals surface area contributed by atoms with E-state index in [4.69, 9.17) is 9.78 Å². The van der Waals surface area contributed by atoms with E-state index in [9.17, 15) is 0 Å². The molecule has 82 valence electrons. The number of aryl methyl sites for hydroxylation is 2. The number of nitriles is 1. The summed E-state index contributed by atoms with van der Waals surface area (Å²) in [5.74, 6) is 0.842. The average Bonchev–Trinajstić information content (AvgIpc) is 2.49. The highest BCUT2D eigenvalue weighted by Gasteiger charge is 2.16. The Balaban J connectivity index is 2.49. The van der Waals surface area contributed by atoms with Crippen molar-refractivity contribution in [1.82, 2.24) is 10.5 Å². The number of nitrogens with one attached hydrogen (secondary N) is 1. The quantitative estimate of drug-likeness (QED) is 0.819. The van der Waals surface area contributed by atoms with Crippen LogP contribution in [0.4, 0.5) is 0 Å². The van der Waals surface area contributed by atoms with Crippen LogP contribution in [0.25, 0.3) is 0 Å². The first-order valence-electron chi connectivity index (χ1n) is 5.00. The van der Waals surface area contributed by atoms with Gasteiger partial charge in [0.1, 0.15) is 5.76 Å². The second-order valence-corrected chi connectivity index (χ2v) is 4.40. The lowest BCUT2D eigenvalue weighted by Crippen LogP contribution is -2.28. The molecule has 1 rings (SSSR count). The Labute approximate surface area is 90.3 Å². The van der Waals surface area contributed by atoms with Crippen molar-refractivity contribution in [2.24, 2.45) is 5.41 Å². The predicted octanol–water partition coefficient (Wildman–Crippen LogP) is 1.93. The third-order valence-electron chi connectivity index (χ3n) is 2.35. The van der Waals surface area contributed by atoms with Gasteiger partial charge in [0.15, 0.2) is 0 Å². The van der Waals surface area contributed by atoms with Gasteiger partial charge in [-0.05, 0) is 27.7 Å². The molecule has 15 heavy (non-hydrogen) atoms. The van der Waals surface area contributed by atoms with Gasteiger partial charge < -0.3 is 9.84 Å². The second-order valence-electron chi connectivity index (χ2n) is 4.40. The van der Waals surface area contributed by atoms with E-state index in [0.717, 1.165) is 17.0 Å². The molecule has 0 unspecified atom stereocenters. The maximum absolute atomic E-state index is 8.84. The Morgan fingerprint density at radius 3 is 2.60 bits per heavy atom. The SMILES string of the molecule is Cc1noc(C)c1CNCC(C)(C)C#N. The lowest BCUT2D eigenvalue weighted by Gasteiger charge is -2.15. The molecule has 1 aromatic rings. The minimum atomic E-state index is -0.334. The van der Waals surface area contributed by atoms with Gasteiger partial charge in [-0.2, -0.15) is 5.26 Å². The Bertz CT molecular complexity index is 354. The number of rotatable bonds is 4. The van der Waals surface area contributed by atoms with Crippen molar-refractivity contribution in [1.29, 1.82) is 5.26 Å². The van der Waals surface area contributed by atoms with Crippen LogP contribution < -0.4 is 5.32 Å². The van der Waals surface area contributed by atoms with Gasteiger partial charge in [0, 0.05) is 18.7 Å². The molecule has 0 spiro atoms. The minimum Gasteiger partial charge on any atom is -0.361 e. The predicted molar refractivity (Wildman–Crippen MR) is 57.1 cm³/mol. The number of hydrogen-bond acceptors (Lipinski definition) is 4. The Kier molecular flexibility index (Phi) is 3.48. The largest absolute Gasteiger partial charge is 0.361 e. The van der Waals surface area contributed by atoms with Crippen molar-refractivity contribution in [3.05, 3.63) is 17.0 Å². The Morgan fingerprint density at radius 2 is 2.13 bits per heavy atom. The van der Waals surface area contributed by atoms with Gasteiger partial charge in [-0.3, -0.25) is 0 Å². The highest BCUT2D eigenvalue weighted by molar-refractivity contribution is 5.20. The fourth-order valence-electron chi connectivity index (χ4n) is 1.29. The average molecular weight is 207 g/mol. The van der Waals surface area contributed by atoms with Crippen LogP contribution >= 0.6 is 0 Å². The summed E-state index contributed by atoms with van der Waals surface area (Å²) >= 11 is 0. The zero-order valence-electron chi connectivity index (χ0n) is 9.72. The molecule has 0 saturated carbocycles. The van der Waals surface area contributed by atoms with Crippen LogP contribution in [0.1, 0.15) is 30.9 Å². The zero-order valence-corrected chi connectivity index (χ0v) is 9.72. The summed E-state index contributed by atoms with van der Waals surface area (Å²) in [7, 11) is 0. The smallest absolute Gasteiger partial charge is 0.138 e. The third-order valence-corrected chi connectivity index (χ3v) is 2.35. The van der Waals surface area contributed by atoms with Crippen molar-refractivity contribution in [3.63, 3.8) is 0 Å². The minimum absolute atomic E-state index is 0.334. The topological polar surface area (TPSA) is 61.9 Å². The first-order chi connectivity index (χ1) is 6.96. The van der Waals surface area contributed by atoms with Gasteiger partial charge in [-0.15, -0.1) is 0 Å². The van der Waals surface area contributed by atoms with E-state index in [0.29, 0.717) is 13.1 Å². The van der Waals surface area contributed by atoms with Crippen molar-refractivity contribution in [2.45, 2.75) is 34.2 Å². The molecule has 1 heterocycles. The Hall–Kier alpha value is -1.34. The molecule has 4 heteroatoms. The fourth-order valence-corrected chi connectivity index (χ4v) is 1.29. The van der Waals surface area contributed by atoms with Gasteiger partial charge in [-0.25, -0.2) is 0 Å². The molecule has 0 fully saturated rings. The fraction of sp³-hybridized carbons (Fsp3) is 0.636. The van der Waals surface area contributed by atoms with Crippen LogP contribution in [0.3, 0.4) is 0 Å². The zero-order chi connectivity index (χ0) is 11.5. The molecular formula is C11H17N3O. The van der Waals surface area contributed by atoms with Crippen molar-refractivity contribution in [2.75, 3.05) is 6.54 Å². The molecule has 0 saturated heterocycles. The van der Waals surface area contributed by atoms with Crippen LogP contribution in [0.2, 0.25) is 0 Å². The summed E-state index contributed by atoms with van der Waals surface area (Å²) in [5.41, 5.74) is 1.66. The van der Waals surface area contributed by atoms with E-state index in [-0.39, 0.29) is 5.41 Å². The van der Waals surface area contributed by atoms with Crippen molar-refractivity contribution in [3.8, 4) is 6.07 Å². The molecule has 1 aromatic heterocycles. The van der Waals surface area contributed by atoms with Gasteiger partial charge in [0.2, 0.25) is 0 Å². The second kappa shape index (κ2) is 4.45. The summed E-state index contributed by atoms with van der Waals surface area (Å²) < 4.78 is 5.05. The molecule has 0 atom stereocenters. The first kappa shape index (κ1) is 11.7. The van der Waals surface area contributed by atoms with E-state index < -0.39 is 0 Å². The standard InChI is InChI=1S/C11H17N3O/c1-8-10(9(2)15-14-8)5-13-7-11(3,4)6-12/h13H,5,7H2,1-4H3. The van der Waals surface area contributed by atoms with Crippen LogP contribution in [-0.2, 0) is 6.54 Å². The third kappa shape index (κ3) is 3.07. The molecule has 0 aliphatic heterocycles. The number of nitrogens with zero attached hydrogens (tertiary/aromatic N) is 2. The van der Waals surface area contributed by atoms with E-state index >= 15 is 0 Å². The van der Waals surface area contributed by atoms with Gasteiger partial charge >= 0.3 is 0 Å². The highest BCUT2D eigenvalue weighted by Crippen LogP contribution is 2.14. The van der Waals surface area contributed by atoms with Gasteiger partial charge in [0.05, 0.1) is 17.2 Å². The van der Waals surface area contributed by atoms with Crippen LogP contribution in [-0.4, -0.2) is 11.7 Å². The summed E-state index contributed by atoms with van der Waals surface area (Å²) in [6.45, 7) is 9.00. The molecule has 0 aliphatic rings. The summed E-state index contributed by atoms with van der Waals surface area (Å²) in [6.07, 6.45) is 0. The maximum Gasteiger partial charge on any atom is 0.138 e. The molecule has 0 aromatic carbocycles. The molecule has 0 bridgehead atoms. The van der Waals surface area contributed by atoms with E-state index in [1.165, 1.54) is 0 Å². The maximum atomic E-state index is 8.84. The van der Waals surface area contributed by atoms with Crippen LogP contribution in [0.5, 0.6) is 0 Å². The number of hydrogen-bond donors (Lipinski definition) is 1. The van der Waals surface area contributed by atoms with Crippen LogP contribution in [0, 0.1) is 30.6 Å². The van der Waals surface area contributed by atoms with Gasteiger partial charge in [0.25, 0.3) is 0 Å². The molecule has 0 aliphatic carbocycles. The lowest BCUT2D eigenvalue weighted by atomic mass is 9.96.